The van der Waals surface area contributed by atoms with E-state index >= 15 is 0 Å². The highest BCUT2D eigenvalue weighted by Crippen LogP contribution is 2.28. The SMILES string of the molecule is CCN(CC)C(=O)C1CCCN(c2nccc3nc(NCc4ccccc4Cl)ncc23)C1. The summed E-state index contributed by atoms with van der Waals surface area (Å²) in [5.41, 5.74) is 1.81. The predicted molar refractivity (Wildman–Crippen MR) is 129 cm³/mol. The quantitative estimate of drug-likeness (QED) is 0.573. The molecule has 3 heterocycles. The van der Waals surface area contributed by atoms with Crippen molar-refractivity contribution in [2.24, 2.45) is 5.92 Å². The fourth-order valence-electron chi connectivity index (χ4n) is 4.26. The third kappa shape index (κ3) is 4.78. The Morgan fingerprint density at radius 1 is 1.22 bits per heavy atom. The number of fused-ring (bicyclic) bond motifs is 1. The number of aromatic nitrogens is 3. The van der Waals surface area contributed by atoms with E-state index in [1.54, 1.807) is 6.20 Å². The molecule has 32 heavy (non-hydrogen) atoms. The maximum absolute atomic E-state index is 12.9. The van der Waals surface area contributed by atoms with Gasteiger partial charge in [0.25, 0.3) is 0 Å². The van der Waals surface area contributed by atoms with Gasteiger partial charge in [-0.2, -0.15) is 0 Å². The first-order valence-electron chi connectivity index (χ1n) is 11.2. The summed E-state index contributed by atoms with van der Waals surface area (Å²) in [5, 5.41) is 4.86. The molecule has 0 aliphatic carbocycles. The minimum absolute atomic E-state index is 0.00168. The number of carbonyl (C=O) groups is 1. The van der Waals surface area contributed by atoms with Crippen LogP contribution in [0.1, 0.15) is 32.3 Å². The molecule has 168 valence electrons. The Hall–Kier alpha value is -2.93. The number of halogens is 1. The molecule has 1 unspecified atom stereocenters. The van der Waals surface area contributed by atoms with Crippen molar-refractivity contribution < 1.29 is 4.79 Å². The normalized spacial score (nSPS) is 16.2. The number of anilines is 2. The third-order valence-corrected chi connectivity index (χ3v) is 6.40. The van der Waals surface area contributed by atoms with Crippen molar-refractivity contribution in [2.45, 2.75) is 33.2 Å². The lowest BCUT2D eigenvalue weighted by Gasteiger charge is -2.35. The predicted octanol–water partition coefficient (Wildman–Crippen LogP) is 4.38. The first-order valence-corrected chi connectivity index (χ1v) is 11.6. The van der Waals surface area contributed by atoms with Crippen molar-refractivity contribution in [1.29, 1.82) is 0 Å². The van der Waals surface area contributed by atoms with Crippen LogP contribution in [-0.4, -0.2) is 51.9 Å². The molecule has 8 heteroatoms. The van der Waals surface area contributed by atoms with Crippen molar-refractivity contribution >= 4 is 40.2 Å². The third-order valence-electron chi connectivity index (χ3n) is 6.03. The maximum Gasteiger partial charge on any atom is 0.227 e. The maximum atomic E-state index is 12.9. The minimum atomic E-state index is -0.00168. The number of benzene rings is 1. The number of pyridine rings is 1. The van der Waals surface area contributed by atoms with E-state index in [-0.39, 0.29) is 11.8 Å². The van der Waals surface area contributed by atoms with E-state index < -0.39 is 0 Å². The lowest BCUT2D eigenvalue weighted by molar-refractivity contribution is -0.135. The molecule has 2 aromatic heterocycles. The summed E-state index contributed by atoms with van der Waals surface area (Å²) in [5.74, 6) is 1.63. The second-order valence-corrected chi connectivity index (χ2v) is 8.41. The van der Waals surface area contributed by atoms with Crippen LogP contribution < -0.4 is 10.2 Å². The average Bonchev–Trinajstić information content (AvgIpc) is 2.83. The zero-order valence-electron chi connectivity index (χ0n) is 18.6. The van der Waals surface area contributed by atoms with E-state index in [1.165, 1.54) is 0 Å². The molecule has 1 saturated heterocycles. The Morgan fingerprint density at radius 2 is 2.03 bits per heavy atom. The molecule has 0 bridgehead atoms. The van der Waals surface area contributed by atoms with E-state index in [0.29, 0.717) is 24.1 Å². The van der Waals surface area contributed by atoms with E-state index in [4.69, 9.17) is 11.6 Å². The Morgan fingerprint density at radius 3 is 2.81 bits per heavy atom. The minimum Gasteiger partial charge on any atom is -0.355 e. The van der Waals surface area contributed by atoms with E-state index in [0.717, 1.165) is 54.8 Å². The fourth-order valence-corrected chi connectivity index (χ4v) is 4.46. The standard InChI is InChI=1S/C24H29ClN6O/c1-3-30(4-2)23(32)18-9-7-13-31(16-18)22-19-15-28-24(29-21(19)11-12-26-22)27-14-17-8-5-6-10-20(17)25/h5-6,8,10-12,15,18H,3-4,7,9,13-14,16H2,1-2H3,(H,27,28,29). The summed E-state index contributed by atoms with van der Waals surface area (Å²) >= 11 is 6.24. The zero-order valence-corrected chi connectivity index (χ0v) is 19.3. The van der Waals surface area contributed by atoms with Gasteiger partial charge in [0.15, 0.2) is 0 Å². The van der Waals surface area contributed by atoms with Crippen LogP contribution in [0.5, 0.6) is 0 Å². The average molecular weight is 453 g/mol. The summed E-state index contributed by atoms with van der Waals surface area (Å²) in [6.07, 6.45) is 5.48. The summed E-state index contributed by atoms with van der Waals surface area (Å²) in [6, 6.07) is 9.61. The molecule has 1 N–H and O–H groups in total. The Bertz CT molecular complexity index is 1090. The van der Waals surface area contributed by atoms with Crippen LogP contribution in [0, 0.1) is 5.92 Å². The monoisotopic (exact) mass is 452 g/mol. The van der Waals surface area contributed by atoms with Crippen LogP contribution in [0.25, 0.3) is 10.9 Å². The second kappa shape index (κ2) is 10.1. The van der Waals surface area contributed by atoms with Gasteiger partial charge in [-0.25, -0.2) is 15.0 Å². The van der Waals surface area contributed by atoms with Gasteiger partial charge in [-0.05, 0) is 44.4 Å². The molecule has 0 spiro atoms. The van der Waals surface area contributed by atoms with Gasteiger partial charge in [0.05, 0.1) is 16.8 Å². The van der Waals surface area contributed by atoms with Crippen molar-refractivity contribution in [2.75, 3.05) is 36.4 Å². The molecule has 1 atom stereocenters. The molecule has 1 aliphatic rings. The summed E-state index contributed by atoms with van der Waals surface area (Å²) < 4.78 is 0. The van der Waals surface area contributed by atoms with Crippen LogP contribution >= 0.6 is 11.6 Å². The van der Waals surface area contributed by atoms with Gasteiger partial charge in [-0.1, -0.05) is 29.8 Å². The number of hydrogen-bond donors (Lipinski definition) is 1. The van der Waals surface area contributed by atoms with Gasteiger partial charge in [0, 0.05) is 50.1 Å². The first kappa shape index (κ1) is 22.3. The van der Waals surface area contributed by atoms with Crippen LogP contribution in [0.4, 0.5) is 11.8 Å². The van der Waals surface area contributed by atoms with Gasteiger partial charge in [-0.15, -0.1) is 0 Å². The largest absolute Gasteiger partial charge is 0.355 e. The zero-order chi connectivity index (χ0) is 22.5. The molecule has 3 aromatic rings. The second-order valence-electron chi connectivity index (χ2n) is 8.00. The topological polar surface area (TPSA) is 74.2 Å². The van der Waals surface area contributed by atoms with Crippen LogP contribution in [0.15, 0.2) is 42.7 Å². The summed E-state index contributed by atoms with van der Waals surface area (Å²) in [4.78, 5) is 30.8. The van der Waals surface area contributed by atoms with Gasteiger partial charge in [-0.3, -0.25) is 4.79 Å². The number of rotatable bonds is 7. The molecule has 0 saturated carbocycles. The number of carbonyl (C=O) groups excluding carboxylic acids is 1. The molecule has 1 aromatic carbocycles. The fraction of sp³-hybridized carbons (Fsp3) is 0.417. The van der Waals surface area contributed by atoms with E-state index in [9.17, 15) is 4.79 Å². The molecule has 4 rings (SSSR count). The Balaban J connectivity index is 1.52. The van der Waals surface area contributed by atoms with Crippen LogP contribution in [0.2, 0.25) is 5.02 Å². The molecule has 7 nitrogen and oxygen atoms in total. The van der Waals surface area contributed by atoms with Gasteiger partial charge >= 0.3 is 0 Å². The van der Waals surface area contributed by atoms with Gasteiger partial charge in [0.2, 0.25) is 11.9 Å². The molecule has 0 radical (unpaired) electrons. The lowest BCUT2D eigenvalue weighted by atomic mass is 9.96. The number of piperidine rings is 1. The molecule has 1 fully saturated rings. The van der Waals surface area contributed by atoms with Gasteiger partial charge < -0.3 is 15.1 Å². The molecular formula is C24H29ClN6O. The van der Waals surface area contributed by atoms with Gasteiger partial charge in [0.1, 0.15) is 5.82 Å². The first-order chi connectivity index (χ1) is 15.6. The number of nitrogens with zero attached hydrogens (tertiary/aromatic N) is 5. The Kier molecular flexibility index (Phi) is 7.05. The van der Waals surface area contributed by atoms with Crippen molar-refractivity contribution in [3.8, 4) is 0 Å². The van der Waals surface area contributed by atoms with Crippen LogP contribution in [0.3, 0.4) is 0 Å². The number of amides is 1. The van der Waals surface area contributed by atoms with E-state index in [1.807, 2.05) is 55.3 Å². The van der Waals surface area contributed by atoms with Crippen molar-refractivity contribution in [3.63, 3.8) is 0 Å². The van der Waals surface area contributed by atoms with Crippen molar-refractivity contribution in [3.05, 3.63) is 53.3 Å². The highest BCUT2D eigenvalue weighted by atomic mass is 35.5. The number of nitrogens with one attached hydrogen (secondary N) is 1. The molecular weight excluding hydrogens is 424 g/mol. The lowest BCUT2D eigenvalue weighted by Crippen LogP contribution is -2.45. The highest BCUT2D eigenvalue weighted by Gasteiger charge is 2.29. The highest BCUT2D eigenvalue weighted by molar-refractivity contribution is 6.31. The van der Waals surface area contributed by atoms with Crippen molar-refractivity contribution in [1.82, 2.24) is 19.9 Å². The smallest absolute Gasteiger partial charge is 0.227 e. The van der Waals surface area contributed by atoms with Crippen LogP contribution in [-0.2, 0) is 11.3 Å². The summed E-state index contributed by atoms with van der Waals surface area (Å²) in [6.45, 7) is 7.65. The Labute approximate surface area is 193 Å². The summed E-state index contributed by atoms with van der Waals surface area (Å²) in [7, 11) is 0. The van der Waals surface area contributed by atoms with E-state index in [2.05, 4.69) is 25.2 Å². The molecule has 1 amide bonds. The molecule has 1 aliphatic heterocycles. The number of hydrogen-bond acceptors (Lipinski definition) is 6.